The Balaban J connectivity index is 0.00000148. The number of nitrogens with zero attached hydrogens (tertiary/aromatic N) is 1. The van der Waals surface area contributed by atoms with Gasteiger partial charge in [0, 0.05) is 25.1 Å². The molecule has 1 heterocycles. The highest BCUT2D eigenvalue weighted by Gasteiger charge is 2.52. The molecule has 0 spiro atoms. The molecule has 1 fully saturated rings. The second-order valence-corrected chi connectivity index (χ2v) is 17.1. The maximum atomic E-state index is 15.7. The van der Waals surface area contributed by atoms with E-state index in [0.717, 1.165) is 12.1 Å². The maximum Gasteiger partial charge on any atom is 0.490 e. The summed E-state index contributed by atoms with van der Waals surface area (Å²) in [7, 11) is -2.95. The summed E-state index contributed by atoms with van der Waals surface area (Å²) in [4.78, 5) is 63.3. The molecular formula is C40H41F11N4O9S. The Bertz CT molecular complexity index is 2290. The molecule has 0 unspecified atom stereocenters. The van der Waals surface area contributed by atoms with Gasteiger partial charge in [0.2, 0.25) is 11.8 Å². The lowest BCUT2D eigenvalue weighted by Crippen LogP contribution is -2.58. The predicted octanol–water partition coefficient (Wildman–Crippen LogP) is 5.48. The third kappa shape index (κ3) is 14.1. The molecule has 65 heavy (non-hydrogen) atoms. The molecule has 3 aromatic rings. The monoisotopic (exact) mass is 962 g/mol. The van der Waals surface area contributed by atoms with E-state index in [4.69, 9.17) is 20.4 Å². The number of nitrogens with two attached hydrogens (primary N) is 1. The van der Waals surface area contributed by atoms with E-state index in [1.54, 1.807) is 5.32 Å². The van der Waals surface area contributed by atoms with E-state index in [1.807, 2.05) is 5.32 Å². The zero-order valence-electron chi connectivity index (χ0n) is 34.2. The zero-order valence-corrected chi connectivity index (χ0v) is 35.0. The van der Waals surface area contributed by atoms with E-state index in [0.29, 0.717) is 28.3 Å². The maximum absolute atomic E-state index is 15.7. The van der Waals surface area contributed by atoms with Crippen molar-refractivity contribution in [3.05, 3.63) is 101 Å². The number of carbonyl (C=O) groups is 5. The highest BCUT2D eigenvalue weighted by atomic mass is 32.2. The number of benzene rings is 3. The lowest BCUT2D eigenvalue weighted by atomic mass is 9.98. The summed E-state index contributed by atoms with van der Waals surface area (Å²) in [5.74, 6) is -16.6. The average molecular weight is 963 g/mol. The number of ether oxygens (including phenoxy) is 1. The minimum Gasteiger partial charge on any atom is -0.497 e. The molecule has 3 aromatic carbocycles. The molecule has 0 saturated carbocycles. The Morgan fingerprint density at radius 2 is 1.29 bits per heavy atom. The van der Waals surface area contributed by atoms with Crippen LogP contribution in [0.1, 0.15) is 48.1 Å². The van der Waals surface area contributed by atoms with E-state index < -0.39 is 129 Å². The van der Waals surface area contributed by atoms with Crippen LogP contribution >= 0.6 is 0 Å². The van der Waals surface area contributed by atoms with Crippen molar-refractivity contribution in [1.29, 1.82) is 0 Å². The summed E-state index contributed by atoms with van der Waals surface area (Å²) in [6.45, 7) is 1.61. The molecule has 0 radical (unpaired) electrons. The number of nitrogens with one attached hydrogen (secondary N) is 2. The molecule has 1 aliphatic heterocycles. The number of hydrogen-bond acceptors (Lipinski definition) is 9. The van der Waals surface area contributed by atoms with Crippen LogP contribution in [0.25, 0.3) is 0 Å². The number of hydrogen-bond donors (Lipinski definition) is 4. The number of sulfone groups is 1. The number of carboxylic acid groups (broad SMARTS) is 1. The molecule has 13 nitrogen and oxygen atoms in total. The van der Waals surface area contributed by atoms with E-state index in [-0.39, 0.29) is 17.7 Å². The van der Waals surface area contributed by atoms with E-state index in [2.05, 4.69) is 0 Å². The quantitative estimate of drug-likeness (QED) is 0.141. The fourth-order valence-corrected chi connectivity index (χ4v) is 8.16. The van der Waals surface area contributed by atoms with Crippen molar-refractivity contribution in [3.63, 3.8) is 0 Å². The number of Topliss-reactive ketones (excluding diaryl/α,β-unsaturated/α-hetero) is 1. The third-order valence-corrected chi connectivity index (χ3v) is 11.9. The Hall–Kier alpha value is -5.85. The van der Waals surface area contributed by atoms with Gasteiger partial charge in [0.15, 0.2) is 9.84 Å². The van der Waals surface area contributed by atoms with Crippen LogP contribution in [0.15, 0.2) is 72.8 Å². The number of halogens is 11. The molecule has 1 aliphatic rings. The van der Waals surface area contributed by atoms with E-state index in [9.17, 15) is 67.1 Å². The predicted molar refractivity (Wildman–Crippen MR) is 206 cm³/mol. The van der Waals surface area contributed by atoms with Crippen LogP contribution in [0.3, 0.4) is 0 Å². The third-order valence-electron chi connectivity index (χ3n) is 9.81. The second-order valence-electron chi connectivity index (χ2n) is 14.8. The summed E-state index contributed by atoms with van der Waals surface area (Å²) in [6.07, 6.45) is -17.2. The normalized spacial score (nSPS) is 16.8. The van der Waals surface area contributed by atoms with Gasteiger partial charge in [-0.3, -0.25) is 19.2 Å². The first kappa shape index (κ1) is 53.5. The van der Waals surface area contributed by atoms with Crippen molar-refractivity contribution < 1.29 is 90.5 Å². The fraction of sp³-hybridized carbons (Fsp3) is 0.425. The first-order chi connectivity index (χ1) is 29.8. The van der Waals surface area contributed by atoms with Crippen molar-refractivity contribution in [2.24, 2.45) is 11.7 Å². The first-order valence-corrected chi connectivity index (χ1v) is 20.6. The van der Waals surface area contributed by atoms with Crippen molar-refractivity contribution in [3.8, 4) is 5.75 Å². The number of ketones is 1. The summed E-state index contributed by atoms with van der Waals surface area (Å²) < 4.78 is 178. The van der Waals surface area contributed by atoms with E-state index in [1.165, 1.54) is 69.5 Å². The molecule has 5 N–H and O–H groups in total. The molecule has 25 heteroatoms. The molecule has 358 valence electrons. The van der Waals surface area contributed by atoms with Gasteiger partial charge in [0.1, 0.15) is 17.8 Å². The molecule has 3 amide bonds. The number of alkyl halides is 11. The van der Waals surface area contributed by atoms with Crippen LogP contribution in [0.5, 0.6) is 5.75 Å². The largest absolute Gasteiger partial charge is 0.497 e. The molecule has 0 aliphatic carbocycles. The minimum atomic E-state index is -5.41. The van der Waals surface area contributed by atoms with Crippen molar-refractivity contribution in [2.45, 2.75) is 86.8 Å². The average Bonchev–Trinajstić information content (AvgIpc) is 3.68. The SMILES string of the molecule is COc1ccc(CS(=O)(=O)[C@@H]2C[C@@H](C(=O)N[C@H](C(=O)C(F)(F)F)C(C)C)N(C(=O)[C@H](Cc3ccc(CN)cc3)NC(=O)C(F)(F)c3ccccc3C(F)(F)F)C2)cc1.O=C(O)C(F)(F)F. The Morgan fingerprint density at radius 1 is 0.785 bits per heavy atom. The highest BCUT2D eigenvalue weighted by Crippen LogP contribution is 2.40. The van der Waals surface area contributed by atoms with E-state index >= 15 is 8.78 Å². The fourth-order valence-electron chi connectivity index (χ4n) is 6.41. The summed E-state index contributed by atoms with van der Waals surface area (Å²) in [5, 5.41) is 9.27. The molecule has 0 aromatic heterocycles. The molecule has 4 rings (SSSR count). The number of likely N-dealkylation sites (tertiary alicyclic amines) is 1. The molecule has 1 saturated heterocycles. The number of rotatable bonds is 15. The van der Waals surface area contributed by atoms with Crippen LogP contribution in [0.4, 0.5) is 48.3 Å². The van der Waals surface area contributed by atoms with Gasteiger partial charge in [0.25, 0.3) is 11.7 Å². The van der Waals surface area contributed by atoms with Gasteiger partial charge in [-0.05, 0) is 47.2 Å². The summed E-state index contributed by atoms with van der Waals surface area (Å²) in [6, 6.07) is 7.67. The molecular weight excluding hydrogens is 922 g/mol. The van der Waals surface area contributed by atoms with Gasteiger partial charge in [-0.25, -0.2) is 13.2 Å². The number of methoxy groups -OCH3 is 1. The molecule has 0 bridgehead atoms. The smallest absolute Gasteiger partial charge is 0.490 e. The summed E-state index contributed by atoms with van der Waals surface area (Å²) >= 11 is 0. The van der Waals surface area contributed by atoms with Gasteiger partial charge in [-0.1, -0.05) is 68.4 Å². The lowest BCUT2D eigenvalue weighted by Gasteiger charge is -2.31. The summed E-state index contributed by atoms with van der Waals surface area (Å²) in [5.41, 5.74) is 3.07. The van der Waals surface area contributed by atoms with Crippen LogP contribution in [0.2, 0.25) is 0 Å². The van der Waals surface area contributed by atoms with Crippen molar-refractivity contribution in [2.75, 3.05) is 13.7 Å². The number of amides is 3. The Morgan fingerprint density at radius 3 is 1.75 bits per heavy atom. The topological polar surface area (TPSA) is 202 Å². The number of carbonyl (C=O) groups excluding carboxylic acids is 4. The standard InChI is InChI=1S/C38H40F8N4O7S.C2HF3O2/c1-21(2)31(32(51)38(44,45)46)49-33(52)30-17-26(58(55,56)20-24-12-14-25(57-3)15-13-24)19-50(30)34(53)29(16-22-8-10-23(18-47)11-9-22)48-35(54)36(39,40)27-6-4-5-7-28(27)37(41,42)43;3-2(4,5)1(6)7/h4-15,21,26,29-31H,16-20,47H2,1-3H3,(H,48,54)(H,49,52);(H,6,7)/t26-,29+,30+,31+;/m1./s1. The second kappa shape index (κ2) is 21.0. The Labute approximate surface area is 363 Å². The van der Waals surface area contributed by atoms with Gasteiger partial charge >= 0.3 is 30.4 Å². The van der Waals surface area contributed by atoms with Crippen LogP contribution in [0, 0.1) is 5.92 Å². The van der Waals surface area contributed by atoms with Gasteiger partial charge in [-0.2, -0.15) is 48.3 Å². The van der Waals surface area contributed by atoms with Crippen molar-refractivity contribution in [1.82, 2.24) is 15.5 Å². The van der Waals surface area contributed by atoms with Crippen LogP contribution in [-0.4, -0.2) is 97.3 Å². The lowest BCUT2D eigenvalue weighted by molar-refractivity contribution is -0.192. The number of carboxylic acids is 1. The van der Waals surface area contributed by atoms with Gasteiger partial charge < -0.3 is 31.1 Å². The number of aliphatic carboxylic acids is 1. The Kier molecular flexibility index (Phi) is 17.3. The van der Waals surface area contributed by atoms with Crippen LogP contribution in [-0.2, 0) is 64.6 Å². The highest BCUT2D eigenvalue weighted by molar-refractivity contribution is 7.91. The van der Waals surface area contributed by atoms with Gasteiger partial charge in [0.05, 0.1) is 29.7 Å². The first-order valence-electron chi connectivity index (χ1n) is 18.8. The minimum absolute atomic E-state index is 0.0649. The van der Waals surface area contributed by atoms with Gasteiger partial charge in [-0.15, -0.1) is 0 Å². The molecule has 4 atom stereocenters. The van der Waals surface area contributed by atoms with Crippen LogP contribution < -0.4 is 21.1 Å². The zero-order chi connectivity index (χ0) is 49.5. The van der Waals surface area contributed by atoms with Crippen molar-refractivity contribution >= 4 is 39.3 Å².